The van der Waals surface area contributed by atoms with Crippen molar-refractivity contribution in [2.24, 2.45) is 0 Å². The van der Waals surface area contributed by atoms with Crippen molar-refractivity contribution in [3.63, 3.8) is 0 Å². The quantitative estimate of drug-likeness (QED) is 0.651. The molecule has 0 bridgehead atoms. The highest BCUT2D eigenvalue weighted by atomic mass is 16.3. The standard InChI is InChI=1S/C7H8O.C2H4O.CH4/c8-6-7-4-2-1-3-5-7;1-2-3;/h1-5,8H,6H2;2H,1H3;1H4. The number of carbonyl (C=O) groups excluding carboxylic acids is 1. The zero-order valence-corrected chi connectivity index (χ0v) is 6.53. The third kappa shape index (κ3) is 6.96. The van der Waals surface area contributed by atoms with Gasteiger partial charge in [0.2, 0.25) is 0 Å². The predicted molar refractivity (Wildman–Crippen MR) is 50.8 cm³/mol. The molecule has 0 saturated heterocycles. The van der Waals surface area contributed by atoms with Crippen LogP contribution in [0.4, 0.5) is 0 Å². The second kappa shape index (κ2) is 9.85. The van der Waals surface area contributed by atoms with Crippen LogP contribution in [0.3, 0.4) is 0 Å². The number of aliphatic hydroxyl groups is 1. The van der Waals surface area contributed by atoms with E-state index in [4.69, 9.17) is 9.90 Å². The van der Waals surface area contributed by atoms with Crippen LogP contribution in [0.2, 0.25) is 0 Å². The van der Waals surface area contributed by atoms with Gasteiger partial charge in [-0.3, -0.25) is 0 Å². The minimum Gasteiger partial charge on any atom is -0.392 e. The molecule has 0 fully saturated rings. The molecule has 0 heterocycles. The predicted octanol–water partition coefficient (Wildman–Crippen LogP) is 2.02. The molecular weight excluding hydrogens is 152 g/mol. The number of benzene rings is 1. The molecule has 0 unspecified atom stereocenters. The van der Waals surface area contributed by atoms with E-state index in [1.807, 2.05) is 30.3 Å². The van der Waals surface area contributed by atoms with Gasteiger partial charge in [0, 0.05) is 0 Å². The molecule has 1 aromatic carbocycles. The third-order valence-electron chi connectivity index (χ3n) is 1.03. The summed E-state index contributed by atoms with van der Waals surface area (Å²) in [6.07, 6.45) is 0.750. The zero-order valence-electron chi connectivity index (χ0n) is 6.53. The summed E-state index contributed by atoms with van der Waals surface area (Å²) in [5.74, 6) is 0. The molecule has 1 rings (SSSR count). The first-order valence-electron chi connectivity index (χ1n) is 3.39. The first-order chi connectivity index (χ1) is 5.35. The Hall–Kier alpha value is -1.15. The minimum atomic E-state index is 0. The van der Waals surface area contributed by atoms with Crippen molar-refractivity contribution >= 4 is 6.29 Å². The second-order valence-electron chi connectivity index (χ2n) is 1.88. The molecule has 0 aliphatic carbocycles. The summed E-state index contributed by atoms with van der Waals surface area (Å²) in [6.45, 7) is 1.58. The van der Waals surface area contributed by atoms with Gasteiger partial charge in [-0.25, -0.2) is 0 Å². The molecule has 1 N–H and O–H groups in total. The monoisotopic (exact) mass is 168 g/mol. The van der Waals surface area contributed by atoms with Gasteiger partial charge >= 0.3 is 0 Å². The van der Waals surface area contributed by atoms with E-state index in [0.29, 0.717) is 0 Å². The van der Waals surface area contributed by atoms with Gasteiger partial charge in [0.25, 0.3) is 0 Å². The first-order valence-corrected chi connectivity index (χ1v) is 3.39. The number of carbonyl (C=O) groups is 1. The van der Waals surface area contributed by atoms with Crippen LogP contribution in [0.15, 0.2) is 30.3 Å². The van der Waals surface area contributed by atoms with Crippen molar-refractivity contribution in [1.29, 1.82) is 0 Å². The average Bonchev–Trinajstić information content (AvgIpc) is 2.08. The van der Waals surface area contributed by atoms with Crippen LogP contribution >= 0.6 is 0 Å². The van der Waals surface area contributed by atoms with Crippen LogP contribution in [-0.2, 0) is 11.4 Å². The average molecular weight is 168 g/mol. The van der Waals surface area contributed by atoms with Crippen LogP contribution in [0.25, 0.3) is 0 Å². The molecule has 0 saturated carbocycles. The summed E-state index contributed by atoms with van der Waals surface area (Å²) in [6, 6.07) is 9.52. The number of hydrogen-bond donors (Lipinski definition) is 1. The second-order valence-corrected chi connectivity index (χ2v) is 1.88. The van der Waals surface area contributed by atoms with Gasteiger partial charge in [-0.05, 0) is 12.5 Å². The molecule has 0 atom stereocenters. The van der Waals surface area contributed by atoms with Gasteiger partial charge < -0.3 is 9.90 Å². The Morgan fingerprint density at radius 1 is 1.33 bits per heavy atom. The number of aliphatic hydroxyl groups excluding tert-OH is 1. The maximum absolute atomic E-state index is 8.81. The first kappa shape index (κ1) is 13.4. The highest BCUT2D eigenvalue weighted by molar-refractivity contribution is 5.44. The van der Waals surface area contributed by atoms with Gasteiger partial charge in [0.1, 0.15) is 6.29 Å². The van der Waals surface area contributed by atoms with E-state index in [9.17, 15) is 0 Å². The Kier molecular flexibility index (Phi) is 11.0. The normalized spacial score (nSPS) is 7.17. The Labute approximate surface area is 73.9 Å². The largest absolute Gasteiger partial charge is 0.392 e. The fourth-order valence-corrected chi connectivity index (χ4v) is 0.583. The SMILES string of the molecule is C.CC=O.OCc1ccccc1. The van der Waals surface area contributed by atoms with E-state index in [0.717, 1.165) is 11.8 Å². The summed E-state index contributed by atoms with van der Waals surface area (Å²) in [7, 11) is 0. The van der Waals surface area contributed by atoms with Gasteiger partial charge in [0.05, 0.1) is 6.61 Å². The summed E-state index contributed by atoms with van der Waals surface area (Å²) in [5.41, 5.74) is 0.965. The summed E-state index contributed by atoms with van der Waals surface area (Å²) >= 11 is 0. The van der Waals surface area contributed by atoms with Gasteiger partial charge in [-0.15, -0.1) is 0 Å². The number of rotatable bonds is 1. The van der Waals surface area contributed by atoms with Crippen LogP contribution in [0, 0.1) is 0 Å². The van der Waals surface area contributed by atoms with Crippen molar-refractivity contribution in [2.75, 3.05) is 0 Å². The van der Waals surface area contributed by atoms with E-state index < -0.39 is 0 Å². The minimum absolute atomic E-state index is 0. The maximum atomic E-state index is 8.81. The zero-order chi connectivity index (χ0) is 8.53. The Morgan fingerprint density at radius 2 is 1.75 bits per heavy atom. The van der Waals surface area contributed by atoms with Crippen molar-refractivity contribution in [2.45, 2.75) is 21.0 Å². The summed E-state index contributed by atoms with van der Waals surface area (Å²) < 4.78 is 0. The summed E-state index contributed by atoms with van der Waals surface area (Å²) in [4.78, 5) is 8.81. The lowest BCUT2D eigenvalue weighted by Gasteiger charge is -1.89. The third-order valence-corrected chi connectivity index (χ3v) is 1.03. The summed E-state index contributed by atoms with van der Waals surface area (Å²) in [5, 5.41) is 8.54. The van der Waals surface area contributed by atoms with Crippen molar-refractivity contribution in [1.82, 2.24) is 0 Å². The van der Waals surface area contributed by atoms with Crippen LogP contribution in [0.1, 0.15) is 19.9 Å². The fraction of sp³-hybridized carbons (Fsp3) is 0.300. The number of aldehydes is 1. The molecule has 68 valence electrons. The molecule has 0 amide bonds. The Balaban J connectivity index is 0. The van der Waals surface area contributed by atoms with Crippen LogP contribution < -0.4 is 0 Å². The van der Waals surface area contributed by atoms with Crippen LogP contribution in [-0.4, -0.2) is 11.4 Å². The molecule has 2 nitrogen and oxygen atoms in total. The topological polar surface area (TPSA) is 37.3 Å². The molecule has 0 aliphatic heterocycles. The van der Waals surface area contributed by atoms with E-state index in [-0.39, 0.29) is 14.0 Å². The highest BCUT2D eigenvalue weighted by Crippen LogP contribution is 1.95. The smallest absolute Gasteiger partial charge is 0.116 e. The highest BCUT2D eigenvalue weighted by Gasteiger charge is 1.81. The molecule has 0 aliphatic rings. The maximum Gasteiger partial charge on any atom is 0.116 e. The van der Waals surface area contributed by atoms with Crippen LogP contribution in [0.5, 0.6) is 0 Å². The molecule has 0 aromatic heterocycles. The lowest BCUT2D eigenvalue weighted by molar-refractivity contribution is -0.106. The van der Waals surface area contributed by atoms with Crippen molar-refractivity contribution in [3.05, 3.63) is 35.9 Å². The Morgan fingerprint density at radius 3 is 2.00 bits per heavy atom. The Bertz CT molecular complexity index is 182. The molecule has 1 aromatic rings. The lowest BCUT2D eigenvalue weighted by atomic mass is 10.2. The van der Waals surface area contributed by atoms with E-state index >= 15 is 0 Å². The molecular formula is C10H16O2. The van der Waals surface area contributed by atoms with E-state index in [1.54, 1.807) is 0 Å². The molecule has 12 heavy (non-hydrogen) atoms. The van der Waals surface area contributed by atoms with E-state index in [2.05, 4.69) is 0 Å². The van der Waals surface area contributed by atoms with Gasteiger partial charge in [0.15, 0.2) is 0 Å². The number of hydrogen-bond acceptors (Lipinski definition) is 2. The molecule has 2 heteroatoms. The lowest BCUT2D eigenvalue weighted by Crippen LogP contribution is -1.77. The van der Waals surface area contributed by atoms with Crippen molar-refractivity contribution in [3.8, 4) is 0 Å². The van der Waals surface area contributed by atoms with Gasteiger partial charge in [-0.2, -0.15) is 0 Å². The molecule has 0 spiro atoms. The van der Waals surface area contributed by atoms with Gasteiger partial charge in [-0.1, -0.05) is 37.8 Å². The fourth-order valence-electron chi connectivity index (χ4n) is 0.583. The van der Waals surface area contributed by atoms with E-state index in [1.165, 1.54) is 6.92 Å². The molecule has 0 radical (unpaired) electrons. The van der Waals surface area contributed by atoms with Crippen molar-refractivity contribution < 1.29 is 9.90 Å².